The maximum Gasteiger partial charge on any atom is 0.0768 e. The molecule has 0 aliphatic carbocycles. The first-order chi connectivity index (χ1) is 6.04. The zero-order valence-corrected chi connectivity index (χ0v) is 9.26. The van der Waals surface area contributed by atoms with Crippen molar-refractivity contribution < 1.29 is 9.84 Å². The van der Waals surface area contributed by atoms with E-state index in [9.17, 15) is 5.11 Å². The molecule has 0 bridgehead atoms. The largest absolute Gasteiger partial charge is 0.389 e. The Bertz CT molecular complexity index is 126. The van der Waals surface area contributed by atoms with E-state index in [1.54, 1.807) is 7.11 Å². The molecule has 80 valence electrons. The van der Waals surface area contributed by atoms with Gasteiger partial charge in [0.15, 0.2) is 0 Å². The van der Waals surface area contributed by atoms with Crippen LogP contribution in [-0.4, -0.2) is 37.5 Å². The Morgan fingerprint density at radius 3 is 2.62 bits per heavy atom. The van der Waals surface area contributed by atoms with Crippen molar-refractivity contribution in [1.29, 1.82) is 0 Å². The quantitative estimate of drug-likeness (QED) is 0.588. The summed E-state index contributed by atoms with van der Waals surface area (Å²) in [4.78, 5) is 0. The van der Waals surface area contributed by atoms with Crippen molar-refractivity contribution in [3.63, 3.8) is 0 Å². The number of hydrogen-bond acceptors (Lipinski definition) is 3. The number of nitrogens with one attached hydrogen (secondary N) is 1. The second kappa shape index (κ2) is 6.35. The van der Waals surface area contributed by atoms with Crippen molar-refractivity contribution in [3.8, 4) is 0 Å². The zero-order chi connectivity index (χ0) is 10.3. The summed E-state index contributed by atoms with van der Waals surface area (Å²) < 4.78 is 4.90. The van der Waals surface area contributed by atoms with Crippen molar-refractivity contribution in [1.82, 2.24) is 5.32 Å². The lowest BCUT2D eigenvalue weighted by Gasteiger charge is -2.29. The van der Waals surface area contributed by atoms with Gasteiger partial charge in [0.1, 0.15) is 0 Å². The lowest BCUT2D eigenvalue weighted by Crippen LogP contribution is -2.43. The molecule has 0 aromatic heterocycles. The number of methoxy groups -OCH3 is 1. The number of hydrogen-bond donors (Lipinski definition) is 2. The maximum absolute atomic E-state index is 9.98. The summed E-state index contributed by atoms with van der Waals surface area (Å²) in [5, 5.41) is 13.1. The van der Waals surface area contributed by atoms with E-state index < -0.39 is 5.60 Å². The first kappa shape index (κ1) is 12.9. The van der Waals surface area contributed by atoms with Crippen molar-refractivity contribution >= 4 is 0 Å². The fourth-order valence-corrected chi connectivity index (χ4v) is 1.13. The van der Waals surface area contributed by atoms with E-state index in [0.717, 1.165) is 13.0 Å². The smallest absolute Gasteiger partial charge is 0.0768 e. The molecule has 0 aliphatic rings. The molecular weight excluding hydrogens is 166 g/mol. The van der Waals surface area contributed by atoms with Gasteiger partial charge in [-0.3, -0.25) is 0 Å². The molecule has 3 heteroatoms. The molecule has 0 aromatic rings. The van der Waals surface area contributed by atoms with Gasteiger partial charge in [-0.15, -0.1) is 0 Å². The molecule has 3 nitrogen and oxygen atoms in total. The van der Waals surface area contributed by atoms with E-state index in [4.69, 9.17) is 4.74 Å². The van der Waals surface area contributed by atoms with Crippen LogP contribution in [0.15, 0.2) is 0 Å². The van der Waals surface area contributed by atoms with E-state index in [2.05, 4.69) is 19.2 Å². The average Bonchev–Trinajstić information content (AvgIpc) is 2.11. The van der Waals surface area contributed by atoms with Gasteiger partial charge in [0, 0.05) is 20.2 Å². The van der Waals surface area contributed by atoms with Crippen LogP contribution in [0.5, 0.6) is 0 Å². The molecule has 0 aliphatic heterocycles. The normalized spacial score (nSPS) is 18.2. The highest BCUT2D eigenvalue weighted by atomic mass is 16.5. The van der Waals surface area contributed by atoms with Crippen LogP contribution in [0.2, 0.25) is 0 Å². The minimum atomic E-state index is -0.609. The molecule has 0 amide bonds. The Morgan fingerprint density at radius 2 is 2.15 bits per heavy atom. The molecule has 0 fully saturated rings. The van der Waals surface area contributed by atoms with Gasteiger partial charge in [-0.2, -0.15) is 0 Å². The SMILES string of the molecule is CCC(C)C(C)(O)CNCCOC. The van der Waals surface area contributed by atoms with Crippen LogP contribution >= 0.6 is 0 Å². The van der Waals surface area contributed by atoms with Crippen LogP contribution in [0, 0.1) is 5.92 Å². The fourth-order valence-electron chi connectivity index (χ4n) is 1.13. The van der Waals surface area contributed by atoms with E-state index in [1.165, 1.54) is 0 Å². The summed E-state index contributed by atoms with van der Waals surface area (Å²) in [6.45, 7) is 8.15. The van der Waals surface area contributed by atoms with Gasteiger partial charge in [-0.1, -0.05) is 20.3 Å². The topological polar surface area (TPSA) is 41.5 Å². The van der Waals surface area contributed by atoms with E-state index in [1.807, 2.05) is 6.92 Å². The molecule has 0 radical (unpaired) electrons. The minimum absolute atomic E-state index is 0.322. The Hall–Kier alpha value is -0.120. The van der Waals surface area contributed by atoms with Crippen LogP contribution in [0.4, 0.5) is 0 Å². The van der Waals surface area contributed by atoms with Crippen molar-refractivity contribution in [3.05, 3.63) is 0 Å². The predicted molar refractivity (Wildman–Crippen MR) is 54.8 cm³/mol. The van der Waals surface area contributed by atoms with Gasteiger partial charge < -0.3 is 15.2 Å². The third kappa shape index (κ3) is 5.24. The molecule has 0 saturated carbocycles. The Morgan fingerprint density at radius 1 is 1.54 bits per heavy atom. The van der Waals surface area contributed by atoms with Crippen molar-refractivity contribution in [2.24, 2.45) is 5.92 Å². The predicted octanol–water partition coefficient (Wildman–Crippen LogP) is 1.02. The molecule has 0 rings (SSSR count). The standard InChI is InChI=1S/C10H23NO2/c1-5-9(2)10(3,12)8-11-6-7-13-4/h9,11-12H,5-8H2,1-4H3. The highest BCUT2D eigenvalue weighted by Crippen LogP contribution is 2.18. The second-order valence-corrected chi connectivity index (χ2v) is 3.84. The van der Waals surface area contributed by atoms with Gasteiger partial charge >= 0.3 is 0 Å². The van der Waals surface area contributed by atoms with Gasteiger partial charge in [-0.25, -0.2) is 0 Å². The molecule has 0 spiro atoms. The van der Waals surface area contributed by atoms with Gasteiger partial charge in [0.05, 0.1) is 12.2 Å². The first-order valence-corrected chi connectivity index (χ1v) is 4.96. The maximum atomic E-state index is 9.98. The molecule has 0 saturated heterocycles. The third-order valence-electron chi connectivity index (χ3n) is 2.64. The van der Waals surface area contributed by atoms with Gasteiger partial charge in [0.2, 0.25) is 0 Å². The highest BCUT2D eigenvalue weighted by molar-refractivity contribution is 4.80. The van der Waals surface area contributed by atoms with Crippen LogP contribution < -0.4 is 5.32 Å². The van der Waals surface area contributed by atoms with Crippen LogP contribution in [0.1, 0.15) is 27.2 Å². The summed E-state index contributed by atoms with van der Waals surface area (Å²) >= 11 is 0. The molecule has 2 N–H and O–H groups in total. The molecule has 2 atom stereocenters. The molecular formula is C10H23NO2. The van der Waals surface area contributed by atoms with Crippen molar-refractivity contribution in [2.75, 3.05) is 26.8 Å². The summed E-state index contributed by atoms with van der Waals surface area (Å²) in [5.41, 5.74) is -0.609. The van der Waals surface area contributed by atoms with Crippen molar-refractivity contribution in [2.45, 2.75) is 32.8 Å². The van der Waals surface area contributed by atoms with Gasteiger partial charge in [-0.05, 0) is 12.8 Å². The first-order valence-electron chi connectivity index (χ1n) is 4.96. The monoisotopic (exact) mass is 189 g/mol. The van der Waals surface area contributed by atoms with Gasteiger partial charge in [0.25, 0.3) is 0 Å². The Labute approximate surface area is 81.5 Å². The zero-order valence-electron chi connectivity index (χ0n) is 9.26. The molecule has 2 unspecified atom stereocenters. The van der Waals surface area contributed by atoms with Crippen LogP contribution in [-0.2, 0) is 4.74 Å². The summed E-state index contributed by atoms with van der Waals surface area (Å²) in [6.07, 6.45) is 0.999. The van der Waals surface area contributed by atoms with E-state index in [-0.39, 0.29) is 0 Å². The third-order valence-corrected chi connectivity index (χ3v) is 2.64. The lowest BCUT2D eigenvalue weighted by molar-refractivity contribution is 0.00464. The van der Waals surface area contributed by atoms with E-state index in [0.29, 0.717) is 19.1 Å². The lowest BCUT2D eigenvalue weighted by atomic mass is 9.89. The summed E-state index contributed by atoms with van der Waals surface area (Å²) in [5.74, 6) is 0.322. The number of ether oxygens (including phenoxy) is 1. The summed E-state index contributed by atoms with van der Waals surface area (Å²) in [7, 11) is 1.68. The van der Waals surface area contributed by atoms with E-state index >= 15 is 0 Å². The molecule has 0 aromatic carbocycles. The Kier molecular flexibility index (Phi) is 6.29. The Balaban J connectivity index is 3.62. The molecule has 0 heterocycles. The summed E-state index contributed by atoms with van der Waals surface area (Å²) in [6, 6.07) is 0. The molecule has 13 heavy (non-hydrogen) atoms. The number of rotatable bonds is 7. The average molecular weight is 189 g/mol. The van der Waals surface area contributed by atoms with Crippen LogP contribution in [0.25, 0.3) is 0 Å². The second-order valence-electron chi connectivity index (χ2n) is 3.84. The van der Waals surface area contributed by atoms with Crippen LogP contribution in [0.3, 0.4) is 0 Å². The fraction of sp³-hybridized carbons (Fsp3) is 1.00. The minimum Gasteiger partial charge on any atom is -0.389 e. The highest BCUT2D eigenvalue weighted by Gasteiger charge is 2.25. The number of aliphatic hydroxyl groups is 1.